The highest BCUT2D eigenvalue weighted by molar-refractivity contribution is 6.08. The minimum Gasteiger partial charge on any atom is -0.237 e. The van der Waals surface area contributed by atoms with E-state index in [0.29, 0.717) is 0 Å². The van der Waals surface area contributed by atoms with Gasteiger partial charge in [-0.15, -0.1) is 0 Å². The Morgan fingerprint density at radius 3 is 2.92 bits per heavy atom. The third-order valence-corrected chi connectivity index (χ3v) is 1.47. The van der Waals surface area contributed by atoms with Crippen molar-refractivity contribution in [2.45, 2.75) is 13.8 Å². The quantitative estimate of drug-likeness (QED) is 0.563. The second-order valence-electron chi connectivity index (χ2n) is 2.32. The Labute approximate surface area is 72.7 Å². The SMILES string of the molecule is C\C=C/N=C1/N=CC=C/C1=C/C. The summed E-state index contributed by atoms with van der Waals surface area (Å²) in [5.74, 6) is 0.776. The first-order valence-electron chi connectivity index (χ1n) is 3.95. The fourth-order valence-corrected chi connectivity index (χ4v) is 0.888. The maximum absolute atomic E-state index is 4.17. The van der Waals surface area contributed by atoms with Crippen LogP contribution < -0.4 is 0 Å². The predicted octanol–water partition coefficient (Wildman–Crippen LogP) is 2.51. The molecule has 0 fully saturated rings. The molecular formula is C10H12N2. The van der Waals surface area contributed by atoms with Crippen LogP contribution >= 0.6 is 0 Å². The van der Waals surface area contributed by atoms with E-state index in [9.17, 15) is 0 Å². The highest BCUT2D eigenvalue weighted by Crippen LogP contribution is 2.06. The third kappa shape index (κ3) is 2.02. The minimum atomic E-state index is 0.776. The number of hydrogen-bond acceptors (Lipinski definition) is 1. The molecule has 1 aliphatic heterocycles. The summed E-state index contributed by atoms with van der Waals surface area (Å²) in [6, 6.07) is 0. The van der Waals surface area contributed by atoms with Gasteiger partial charge in [-0.2, -0.15) is 0 Å². The number of rotatable bonds is 1. The van der Waals surface area contributed by atoms with Crippen LogP contribution in [0.4, 0.5) is 0 Å². The fourth-order valence-electron chi connectivity index (χ4n) is 0.888. The molecule has 0 bridgehead atoms. The molecule has 1 heterocycles. The van der Waals surface area contributed by atoms with E-state index >= 15 is 0 Å². The van der Waals surface area contributed by atoms with Crippen LogP contribution in [0.1, 0.15) is 13.8 Å². The van der Waals surface area contributed by atoms with Crippen molar-refractivity contribution in [1.82, 2.24) is 0 Å². The van der Waals surface area contributed by atoms with E-state index in [1.807, 2.05) is 38.2 Å². The topological polar surface area (TPSA) is 24.7 Å². The van der Waals surface area contributed by atoms with Crippen LogP contribution in [0.15, 0.2) is 46.1 Å². The van der Waals surface area contributed by atoms with E-state index in [-0.39, 0.29) is 0 Å². The predicted molar refractivity (Wildman–Crippen MR) is 53.6 cm³/mol. The van der Waals surface area contributed by atoms with Crippen LogP contribution in [0.25, 0.3) is 0 Å². The lowest BCUT2D eigenvalue weighted by molar-refractivity contribution is 1.44. The second kappa shape index (κ2) is 4.44. The lowest BCUT2D eigenvalue weighted by Gasteiger charge is -2.02. The van der Waals surface area contributed by atoms with E-state index in [4.69, 9.17) is 0 Å². The van der Waals surface area contributed by atoms with Crippen molar-refractivity contribution < 1.29 is 0 Å². The number of amidine groups is 1. The Morgan fingerprint density at radius 2 is 2.25 bits per heavy atom. The molecule has 62 valence electrons. The van der Waals surface area contributed by atoms with E-state index in [1.165, 1.54) is 0 Å². The first-order valence-corrected chi connectivity index (χ1v) is 3.95. The zero-order chi connectivity index (χ0) is 8.81. The molecule has 0 aromatic carbocycles. The average molecular weight is 160 g/mol. The maximum atomic E-state index is 4.17. The zero-order valence-electron chi connectivity index (χ0n) is 7.36. The number of hydrogen-bond donors (Lipinski definition) is 0. The van der Waals surface area contributed by atoms with Crippen molar-refractivity contribution >= 4 is 12.1 Å². The molecule has 0 saturated carbocycles. The van der Waals surface area contributed by atoms with E-state index in [1.54, 1.807) is 12.4 Å². The van der Waals surface area contributed by atoms with Crippen molar-refractivity contribution in [3.05, 3.63) is 36.1 Å². The molecule has 2 nitrogen and oxygen atoms in total. The van der Waals surface area contributed by atoms with E-state index in [0.717, 1.165) is 11.4 Å². The molecule has 2 heteroatoms. The highest BCUT2D eigenvalue weighted by atomic mass is 14.9. The number of allylic oxidation sites excluding steroid dienone is 3. The van der Waals surface area contributed by atoms with Crippen LogP contribution in [-0.4, -0.2) is 12.1 Å². The zero-order valence-corrected chi connectivity index (χ0v) is 7.36. The molecule has 0 N–H and O–H groups in total. The van der Waals surface area contributed by atoms with Crippen molar-refractivity contribution in [2.24, 2.45) is 9.98 Å². The van der Waals surface area contributed by atoms with E-state index < -0.39 is 0 Å². The van der Waals surface area contributed by atoms with Gasteiger partial charge in [0, 0.05) is 18.0 Å². The lowest BCUT2D eigenvalue weighted by atomic mass is 10.2. The standard InChI is InChI=1S/C10H12N2/c1-3-7-11-10-9(4-2)6-5-8-12-10/h3-8H,1-2H3/b7-3-,9-4-,11-10+. The van der Waals surface area contributed by atoms with Gasteiger partial charge in [0.25, 0.3) is 0 Å². The first kappa shape index (κ1) is 8.65. The average Bonchev–Trinajstić information content (AvgIpc) is 2.15. The molecule has 1 rings (SSSR count). The van der Waals surface area contributed by atoms with Crippen molar-refractivity contribution in [2.75, 3.05) is 0 Å². The molecule has 0 atom stereocenters. The van der Waals surface area contributed by atoms with Crippen LogP contribution in [0.5, 0.6) is 0 Å². The van der Waals surface area contributed by atoms with Crippen LogP contribution in [0.3, 0.4) is 0 Å². The Hall–Kier alpha value is -1.44. The largest absolute Gasteiger partial charge is 0.237 e. The van der Waals surface area contributed by atoms with Gasteiger partial charge in [-0.3, -0.25) is 0 Å². The Balaban J connectivity index is 2.90. The van der Waals surface area contributed by atoms with Crippen molar-refractivity contribution in [3.63, 3.8) is 0 Å². The Bertz CT molecular complexity index is 291. The van der Waals surface area contributed by atoms with Gasteiger partial charge in [-0.1, -0.05) is 12.2 Å². The molecule has 0 aromatic rings. The summed E-state index contributed by atoms with van der Waals surface area (Å²) in [7, 11) is 0. The summed E-state index contributed by atoms with van der Waals surface area (Å²) in [6.07, 6.45) is 11.3. The van der Waals surface area contributed by atoms with Gasteiger partial charge in [-0.25, -0.2) is 9.98 Å². The number of aliphatic imine (C=N–C) groups is 2. The van der Waals surface area contributed by atoms with Gasteiger partial charge in [0.1, 0.15) is 0 Å². The minimum absolute atomic E-state index is 0.776. The molecule has 12 heavy (non-hydrogen) atoms. The van der Waals surface area contributed by atoms with Gasteiger partial charge >= 0.3 is 0 Å². The molecule has 0 saturated heterocycles. The molecule has 0 unspecified atom stereocenters. The van der Waals surface area contributed by atoms with E-state index in [2.05, 4.69) is 9.98 Å². The number of nitrogens with zero attached hydrogens (tertiary/aromatic N) is 2. The van der Waals surface area contributed by atoms with Gasteiger partial charge in [0.15, 0.2) is 5.84 Å². The molecule has 0 aliphatic carbocycles. The van der Waals surface area contributed by atoms with Gasteiger partial charge in [0.05, 0.1) is 0 Å². The Kier molecular flexibility index (Phi) is 3.20. The monoisotopic (exact) mass is 160 g/mol. The molecule has 0 aromatic heterocycles. The van der Waals surface area contributed by atoms with Crippen LogP contribution in [-0.2, 0) is 0 Å². The summed E-state index contributed by atoms with van der Waals surface area (Å²) in [5.41, 5.74) is 1.07. The lowest BCUT2D eigenvalue weighted by Crippen LogP contribution is -2.00. The van der Waals surface area contributed by atoms with Gasteiger partial charge < -0.3 is 0 Å². The highest BCUT2D eigenvalue weighted by Gasteiger charge is 2.01. The molecule has 0 spiro atoms. The summed E-state index contributed by atoms with van der Waals surface area (Å²) in [6.45, 7) is 3.91. The smallest absolute Gasteiger partial charge is 0.158 e. The second-order valence-corrected chi connectivity index (χ2v) is 2.32. The molecular weight excluding hydrogens is 148 g/mol. The van der Waals surface area contributed by atoms with Crippen LogP contribution in [0.2, 0.25) is 0 Å². The normalized spacial score (nSPS) is 23.2. The summed E-state index contributed by atoms with van der Waals surface area (Å²) in [5, 5.41) is 0. The summed E-state index contributed by atoms with van der Waals surface area (Å²) >= 11 is 0. The summed E-state index contributed by atoms with van der Waals surface area (Å²) in [4.78, 5) is 8.31. The molecule has 0 amide bonds. The Morgan fingerprint density at radius 1 is 1.42 bits per heavy atom. The fraction of sp³-hybridized carbons (Fsp3) is 0.200. The van der Waals surface area contributed by atoms with Crippen molar-refractivity contribution in [3.8, 4) is 0 Å². The van der Waals surface area contributed by atoms with Crippen LogP contribution in [0, 0.1) is 0 Å². The maximum Gasteiger partial charge on any atom is 0.158 e. The molecule has 1 aliphatic rings. The van der Waals surface area contributed by atoms with Gasteiger partial charge in [0.2, 0.25) is 0 Å². The third-order valence-electron chi connectivity index (χ3n) is 1.47. The number of dihydropyridines is 1. The summed E-state index contributed by atoms with van der Waals surface area (Å²) < 4.78 is 0. The van der Waals surface area contributed by atoms with Crippen molar-refractivity contribution in [1.29, 1.82) is 0 Å². The van der Waals surface area contributed by atoms with Gasteiger partial charge in [-0.05, 0) is 26.0 Å². The first-order chi connectivity index (χ1) is 5.88. The molecule has 0 radical (unpaired) electrons.